The van der Waals surface area contributed by atoms with E-state index >= 15 is 0 Å². The molecule has 0 bridgehead atoms. The van der Waals surface area contributed by atoms with Crippen molar-refractivity contribution in [2.45, 2.75) is 25.7 Å². The zero-order chi connectivity index (χ0) is 17.9. The van der Waals surface area contributed by atoms with Gasteiger partial charge in [0.15, 0.2) is 0 Å². The van der Waals surface area contributed by atoms with Crippen LogP contribution in [0.2, 0.25) is 0 Å². The molecule has 2 fully saturated rings. The first-order chi connectivity index (χ1) is 11.1. The Morgan fingerprint density at radius 1 is 1.42 bits per heavy atom. The maximum absolute atomic E-state index is 12.9. The van der Waals surface area contributed by atoms with Gasteiger partial charge in [-0.1, -0.05) is 0 Å². The Labute approximate surface area is 139 Å². The number of aryl methyl sites for hydroxylation is 2. The molecule has 9 nitrogen and oxygen atoms in total. The van der Waals surface area contributed by atoms with Gasteiger partial charge in [0.05, 0.1) is 17.3 Å². The summed E-state index contributed by atoms with van der Waals surface area (Å²) in [6, 6.07) is 0. The predicted octanol–water partition coefficient (Wildman–Crippen LogP) is -0.420. The van der Waals surface area contributed by atoms with E-state index < -0.39 is 27.3 Å². The number of sulfonamides is 1. The number of hydrogen-bond donors (Lipinski definition) is 2. The molecule has 24 heavy (non-hydrogen) atoms. The van der Waals surface area contributed by atoms with Crippen LogP contribution in [0.5, 0.6) is 0 Å². The van der Waals surface area contributed by atoms with E-state index in [1.807, 2.05) is 0 Å². The molecule has 2 atom stereocenters. The zero-order valence-corrected chi connectivity index (χ0v) is 14.6. The van der Waals surface area contributed by atoms with Gasteiger partial charge < -0.3 is 10.0 Å². The minimum Gasteiger partial charge on any atom is -0.481 e. The number of rotatable bonds is 4. The second-order valence-electron chi connectivity index (χ2n) is 6.43. The Morgan fingerprint density at radius 3 is 2.54 bits per heavy atom. The van der Waals surface area contributed by atoms with Crippen molar-refractivity contribution in [3.63, 3.8) is 0 Å². The lowest BCUT2D eigenvalue weighted by Crippen LogP contribution is -2.42. The van der Waals surface area contributed by atoms with Crippen molar-refractivity contribution in [2.75, 3.05) is 26.2 Å². The first-order valence-corrected chi connectivity index (χ1v) is 9.13. The fourth-order valence-corrected chi connectivity index (χ4v) is 5.62. The number of nitrogens with one attached hydrogen (secondary N) is 1. The van der Waals surface area contributed by atoms with E-state index in [-0.39, 0.29) is 30.4 Å². The summed E-state index contributed by atoms with van der Waals surface area (Å²) in [5, 5.41) is 16.2. The SMILES string of the molecule is CCN1C[C@@]2(C(=O)O)CN(S(=O)(=O)c3c(C)n[nH]c3C)C[C@H]2C1=O. The minimum absolute atomic E-state index is 0.0394. The van der Waals surface area contributed by atoms with Gasteiger partial charge in [0.2, 0.25) is 15.9 Å². The van der Waals surface area contributed by atoms with Crippen LogP contribution in [0, 0.1) is 25.2 Å². The molecule has 10 heteroatoms. The van der Waals surface area contributed by atoms with Gasteiger partial charge in [-0.25, -0.2) is 8.42 Å². The van der Waals surface area contributed by atoms with E-state index in [2.05, 4.69) is 10.2 Å². The molecule has 1 aromatic heterocycles. The van der Waals surface area contributed by atoms with Gasteiger partial charge in [-0.3, -0.25) is 14.7 Å². The van der Waals surface area contributed by atoms with Crippen molar-refractivity contribution in [1.82, 2.24) is 19.4 Å². The lowest BCUT2D eigenvalue weighted by Gasteiger charge is -2.24. The molecule has 2 saturated heterocycles. The number of likely N-dealkylation sites (tertiary alicyclic amines) is 1. The van der Waals surface area contributed by atoms with E-state index in [1.165, 1.54) is 4.90 Å². The number of aliphatic carboxylic acids is 1. The molecule has 1 amide bonds. The van der Waals surface area contributed by atoms with Crippen molar-refractivity contribution in [2.24, 2.45) is 11.3 Å². The van der Waals surface area contributed by atoms with Gasteiger partial charge in [-0.05, 0) is 20.8 Å². The topological polar surface area (TPSA) is 124 Å². The molecule has 3 rings (SSSR count). The van der Waals surface area contributed by atoms with Crippen molar-refractivity contribution in [1.29, 1.82) is 0 Å². The number of carbonyl (C=O) groups excluding carboxylic acids is 1. The summed E-state index contributed by atoms with van der Waals surface area (Å²) in [6.45, 7) is 5.08. The monoisotopic (exact) mass is 356 g/mol. The van der Waals surface area contributed by atoms with Crippen molar-refractivity contribution < 1.29 is 23.1 Å². The highest BCUT2D eigenvalue weighted by Gasteiger charge is 2.63. The zero-order valence-electron chi connectivity index (χ0n) is 13.7. The molecule has 2 aliphatic heterocycles. The number of carbonyl (C=O) groups is 2. The van der Waals surface area contributed by atoms with Crippen molar-refractivity contribution in [3.05, 3.63) is 11.4 Å². The Kier molecular flexibility index (Phi) is 3.72. The predicted molar refractivity (Wildman–Crippen MR) is 82.6 cm³/mol. The Hall–Kier alpha value is -1.94. The minimum atomic E-state index is -3.91. The van der Waals surface area contributed by atoms with Crippen LogP contribution in [-0.2, 0) is 19.6 Å². The fraction of sp³-hybridized carbons (Fsp3) is 0.643. The number of carboxylic acids is 1. The van der Waals surface area contributed by atoms with E-state index in [9.17, 15) is 23.1 Å². The third-order valence-electron chi connectivity index (χ3n) is 5.06. The van der Waals surface area contributed by atoms with Gasteiger partial charge in [0.25, 0.3) is 0 Å². The highest BCUT2D eigenvalue weighted by molar-refractivity contribution is 7.89. The summed E-state index contributed by atoms with van der Waals surface area (Å²) in [6.07, 6.45) is 0. The quantitative estimate of drug-likeness (QED) is 0.755. The maximum Gasteiger partial charge on any atom is 0.313 e. The number of amides is 1. The Morgan fingerprint density at radius 2 is 2.08 bits per heavy atom. The molecule has 0 unspecified atom stereocenters. The number of carboxylic acid groups (broad SMARTS) is 1. The molecule has 2 aliphatic rings. The second kappa shape index (κ2) is 5.28. The highest BCUT2D eigenvalue weighted by Crippen LogP contribution is 2.45. The number of hydrogen-bond acceptors (Lipinski definition) is 5. The summed E-state index contributed by atoms with van der Waals surface area (Å²) in [7, 11) is -3.91. The average Bonchev–Trinajstić information content (AvgIpc) is 3.12. The molecule has 1 aromatic rings. The molecule has 3 heterocycles. The lowest BCUT2D eigenvalue weighted by molar-refractivity contribution is -0.149. The number of aromatic nitrogens is 2. The maximum atomic E-state index is 12.9. The van der Waals surface area contributed by atoms with Crippen molar-refractivity contribution >= 4 is 21.9 Å². The molecule has 132 valence electrons. The number of aromatic amines is 1. The van der Waals surface area contributed by atoms with Crippen LogP contribution in [0.1, 0.15) is 18.3 Å². The molecule has 0 aliphatic carbocycles. The molecule has 0 radical (unpaired) electrons. The second-order valence-corrected chi connectivity index (χ2v) is 8.30. The Bertz CT molecular complexity index is 798. The van der Waals surface area contributed by atoms with Crippen LogP contribution in [0.3, 0.4) is 0 Å². The third-order valence-corrected chi connectivity index (χ3v) is 7.14. The summed E-state index contributed by atoms with van der Waals surface area (Å²) in [5.74, 6) is -2.27. The van der Waals surface area contributed by atoms with Crippen LogP contribution in [-0.4, -0.2) is 71.0 Å². The van der Waals surface area contributed by atoms with Gasteiger partial charge in [-0.2, -0.15) is 9.40 Å². The number of H-pyrrole nitrogens is 1. The van der Waals surface area contributed by atoms with E-state index in [1.54, 1.807) is 20.8 Å². The van der Waals surface area contributed by atoms with Gasteiger partial charge in [-0.15, -0.1) is 0 Å². The fourth-order valence-electron chi connectivity index (χ4n) is 3.77. The third kappa shape index (κ3) is 2.09. The molecular formula is C14H20N4O5S. The number of fused-ring (bicyclic) bond motifs is 1. The van der Waals surface area contributed by atoms with E-state index in [0.29, 0.717) is 17.9 Å². The number of nitrogens with zero attached hydrogens (tertiary/aromatic N) is 3. The molecular weight excluding hydrogens is 336 g/mol. The summed E-state index contributed by atoms with van der Waals surface area (Å²) in [5.41, 5.74) is -0.656. The normalized spacial score (nSPS) is 27.7. The highest BCUT2D eigenvalue weighted by atomic mass is 32.2. The average molecular weight is 356 g/mol. The van der Waals surface area contributed by atoms with Crippen LogP contribution >= 0.6 is 0 Å². The first-order valence-electron chi connectivity index (χ1n) is 7.69. The van der Waals surface area contributed by atoms with Crippen LogP contribution in [0.15, 0.2) is 4.90 Å². The summed E-state index contributed by atoms with van der Waals surface area (Å²) < 4.78 is 27.0. The molecule has 0 aromatic carbocycles. The van der Waals surface area contributed by atoms with Crippen molar-refractivity contribution in [3.8, 4) is 0 Å². The van der Waals surface area contributed by atoms with Crippen LogP contribution in [0.25, 0.3) is 0 Å². The smallest absolute Gasteiger partial charge is 0.313 e. The Balaban J connectivity index is 2.01. The van der Waals surface area contributed by atoms with Crippen LogP contribution in [0.4, 0.5) is 0 Å². The summed E-state index contributed by atoms with van der Waals surface area (Å²) in [4.78, 5) is 25.9. The summed E-state index contributed by atoms with van der Waals surface area (Å²) >= 11 is 0. The largest absolute Gasteiger partial charge is 0.481 e. The first kappa shape index (κ1) is 16.9. The molecule has 0 saturated carbocycles. The standard InChI is InChI=1S/C14H20N4O5S/c1-4-17-6-14(13(20)21)7-18(5-10(14)12(17)19)24(22,23)11-8(2)15-16-9(11)3/h10H,4-7H2,1-3H3,(H,15,16)(H,20,21)/t10-,14+/m0/s1. The molecule has 0 spiro atoms. The van der Waals surface area contributed by atoms with Crippen LogP contribution < -0.4 is 0 Å². The van der Waals surface area contributed by atoms with E-state index in [4.69, 9.17) is 0 Å². The van der Waals surface area contributed by atoms with Gasteiger partial charge in [0.1, 0.15) is 10.3 Å². The van der Waals surface area contributed by atoms with Gasteiger partial charge in [0, 0.05) is 26.2 Å². The molecule has 2 N–H and O–H groups in total. The van der Waals surface area contributed by atoms with E-state index in [0.717, 1.165) is 4.31 Å². The lowest BCUT2D eigenvalue weighted by atomic mass is 9.81. The van der Waals surface area contributed by atoms with Gasteiger partial charge >= 0.3 is 5.97 Å².